The molecule has 0 aliphatic rings. The van der Waals surface area contributed by atoms with Crippen molar-refractivity contribution < 1.29 is 4.84 Å². The van der Waals surface area contributed by atoms with Gasteiger partial charge < -0.3 is 10.2 Å². The van der Waals surface area contributed by atoms with Crippen LogP contribution in [0.15, 0.2) is 0 Å². The first-order valence-electron chi connectivity index (χ1n) is 2.85. The van der Waals surface area contributed by atoms with Crippen LogP contribution in [-0.2, 0) is 4.84 Å². The molecular formula is C5H14N2O. The Morgan fingerprint density at radius 2 is 2.12 bits per heavy atom. The van der Waals surface area contributed by atoms with Gasteiger partial charge in [0.05, 0.1) is 6.61 Å². The summed E-state index contributed by atoms with van der Waals surface area (Å²) in [5.41, 5.74) is 2.60. The highest BCUT2D eigenvalue weighted by molar-refractivity contribution is 4.36. The second kappa shape index (κ2) is 6.88. The second-order valence-corrected chi connectivity index (χ2v) is 1.51. The molecule has 8 heavy (non-hydrogen) atoms. The third kappa shape index (κ3) is 5.88. The van der Waals surface area contributed by atoms with Crippen LogP contribution in [0.5, 0.6) is 0 Å². The fraction of sp³-hybridized carbons (Fsp3) is 1.00. The predicted molar refractivity (Wildman–Crippen MR) is 33.6 cm³/mol. The summed E-state index contributed by atoms with van der Waals surface area (Å²) in [4.78, 5) is 4.85. The van der Waals surface area contributed by atoms with E-state index in [1.165, 1.54) is 0 Å². The van der Waals surface area contributed by atoms with E-state index >= 15 is 0 Å². The zero-order valence-corrected chi connectivity index (χ0v) is 5.53. The summed E-state index contributed by atoms with van der Waals surface area (Å²) >= 11 is 0. The van der Waals surface area contributed by atoms with Gasteiger partial charge in [0, 0.05) is 7.05 Å². The third-order valence-corrected chi connectivity index (χ3v) is 0.818. The maximum Gasteiger partial charge on any atom is 0.0694 e. The smallest absolute Gasteiger partial charge is 0.0694 e. The maximum absolute atomic E-state index is 4.85. The van der Waals surface area contributed by atoms with Crippen LogP contribution in [0, 0.1) is 0 Å². The molecular weight excluding hydrogens is 104 g/mol. The molecule has 0 spiro atoms. The lowest BCUT2D eigenvalue weighted by Crippen LogP contribution is -2.14. The standard InChI is InChI=1S/C5H14N2O/c1-6-4-3-5-8-7-2/h6-7H,3-5H2,1-2H3. The minimum Gasteiger partial charge on any atom is -0.320 e. The number of hydrogen-bond acceptors (Lipinski definition) is 3. The van der Waals surface area contributed by atoms with Gasteiger partial charge >= 0.3 is 0 Å². The Bertz CT molecular complexity index is 35.4. The molecule has 3 nitrogen and oxygen atoms in total. The maximum atomic E-state index is 4.85. The Hall–Kier alpha value is -0.120. The van der Waals surface area contributed by atoms with Gasteiger partial charge in [-0.15, -0.1) is 0 Å². The van der Waals surface area contributed by atoms with Crippen molar-refractivity contribution in [2.75, 3.05) is 27.2 Å². The van der Waals surface area contributed by atoms with Crippen molar-refractivity contribution in [3.05, 3.63) is 0 Å². The van der Waals surface area contributed by atoms with Gasteiger partial charge in [0.25, 0.3) is 0 Å². The van der Waals surface area contributed by atoms with Crippen molar-refractivity contribution in [3.63, 3.8) is 0 Å². The zero-order chi connectivity index (χ0) is 6.24. The fourth-order valence-corrected chi connectivity index (χ4v) is 0.423. The molecule has 0 aromatic carbocycles. The first kappa shape index (κ1) is 7.88. The van der Waals surface area contributed by atoms with Crippen LogP contribution >= 0.6 is 0 Å². The molecule has 0 heterocycles. The SMILES string of the molecule is CNCCCONC. The van der Waals surface area contributed by atoms with Crippen LogP contribution in [0.4, 0.5) is 0 Å². The van der Waals surface area contributed by atoms with Crippen molar-refractivity contribution in [2.45, 2.75) is 6.42 Å². The van der Waals surface area contributed by atoms with Gasteiger partial charge in [0.2, 0.25) is 0 Å². The lowest BCUT2D eigenvalue weighted by molar-refractivity contribution is 0.0566. The van der Waals surface area contributed by atoms with E-state index < -0.39 is 0 Å². The van der Waals surface area contributed by atoms with Crippen molar-refractivity contribution in [2.24, 2.45) is 0 Å². The molecule has 3 heteroatoms. The lowest BCUT2D eigenvalue weighted by atomic mass is 10.5. The Morgan fingerprint density at radius 1 is 1.38 bits per heavy atom. The van der Waals surface area contributed by atoms with Gasteiger partial charge in [-0.3, -0.25) is 0 Å². The van der Waals surface area contributed by atoms with Gasteiger partial charge in [-0.1, -0.05) is 0 Å². The summed E-state index contributed by atoms with van der Waals surface area (Å²) in [6, 6.07) is 0. The van der Waals surface area contributed by atoms with Crippen LogP contribution in [-0.4, -0.2) is 27.2 Å². The summed E-state index contributed by atoms with van der Waals surface area (Å²) in [5.74, 6) is 0. The third-order valence-electron chi connectivity index (χ3n) is 0.818. The minimum absolute atomic E-state index is 0.775. The Kier molecular flexibility index (Phi) is 6.78. The van der Waals surface area contributed by atoms with E-state index in [1.807, 2.05) is 7.05 Å². The summed E-state index contributed by atoms with van der Waals surface area (Å²) in [6.07, 6.45) is 1.05. The lowest BCUT2D eigenvalue weighted by Gasteiger charge is -1.98. The predicted octanol–water partition coefficient (Wildman–Crippen LogP) is -0.253. The molecule has 0 aromatic heterocycles. The number of hydroxylamine groups is 1. The molecule has 0 saturated heterocycles. The fourth-order valence-electron chi connectivity index (χ4n) is 0.423. The number of rotatable bonds is 5. The number of hydrogen-bond donors (Lipinski definition) is 2. The molecule has 0 aliphatic heterocycles. The van der Waals surface area contributed by atoms with E-state index in [9.17, 15) is 0 Å². The summed E-state index contributed by atoms with van der Waals surface area (Å²) in [6.45, 7) is 1.79. The molecule has 0 atom stereocenters. The molecule has 0 aromatic rings. The van der Waals surface area contributed by atoms with Gasteiger partial charge in [0.1, 0.15) is 0 Å². The largest absolute Gasteiger partial charge is 0.320 e. The quantitative estimate of drug-likeness (QED) is 0.385. The van der Waals surface area contributed by atoms with E-state index in [0.29, 0.717) is 0 Å². The highest BCUT2D eigenvalue weighted by atomic mass is 16.6. The molecule has 0 saturated carbocycles. The van der Waals surface area contributed by atoms with Crippen LogP contribution in [0.25, 0.3) is 0 Å². The van der Waals surface area contributed by atoms with Crippen LogP contribution in [0.2, 0.25) is 0 Å². The normalized spacial score (nSPS) is 9.75. The van der Waals surface area contributed by atoms with Gasteiger partial charge in [0.15, 0.2) is 0 Å². The number of nitrogens with one attached hydrogen (secondary N) is 2. The first-order valence-corrected chi connectivity index (χ1v) is 2.85. The van der Waals surface area contributed by atoms with Gasteiger partial charge in [-0.25, -0.2) is 5.48 Å². The summed E-state index contributed by atoms with van der Waals surface area (Å²) in [7, 11) is 3.69. The molecule has 0 aliphatic carbocycles. The van der Waals surface area contributed by atoms with E-state index in [0.717, 1.165) is 19.6 Å². The zero-order valence-electron chi connectivity index (χ0n) is 5.53. The van der Waals surface area contributed by atoms with Crippen molar-refractivity contribution in [1.82, 2.24) is 10.8 Å². The highest BCUT2D eigenvalue weighted by Gasteiger charge is 1.81. The van der Waals surface area contributed by atoms with Crippen LogP contribution < -0.4 is 10.8 Å². The van der Waals surface area contributed by atoms with Gasteiger partial charge in [-0.05, 0) is 20.0 Å². The average Bonchev–Trinajstić information content (AvgIpc) is 1.81. The summed E-state index contributed by atoms with van der Waals surface area (Å²) < 4.78 is 0. The monoisotopic (exact) mass is 118 g/mol. The highest BCUT2D eigenvalue weighted by Crippen LogP contribution is 1.73. The Balaban J connectivity index is 2.53. The van der Waals surface area contributed by atoms with E-state index in [-0.39, 0.29) is 0 Å². The molecule has 0 fully saturated rings. The van der Waals surface area contributed by atoms with E-state index in [1.54, 1.807) is 7.05 Å². The van der Waals surface area contributed by atoms with Crippen molar-refractivity contribution in [3.8, 4) is 0 Å². The molecule has 0 bridgehead atoms. The summed E-state index contributed by atoms with van der Waals surface area (Å²) in [5, 5.41) is 3.02. The minimum atomic E-state index is 0.775. The van der Waals surface area contributed by atoms with Crippen LogP contribution in [0.1, 0.15) is 6.42 Å². The van der Waals surface area contributed by atoms with Crippen LogP contribution in [0.3, 0.4) is 0 Å². The Labute approximate surface area is 50.4 Å². The second-order valence-electron chi connectivity index (χ2n) is 1.51. The molecule has 2 N–H and O–H groups in total. The van der Waals surface area contributed by atoms with Crippen molar-refractivity contribution >= 4 is 0 Å². The topological polar surface area (TPSA) is 33.3 Å². The molecule has 0 amide bonds. The molecule has 50 valence electrons. The molecule has 0 rings (SSSR count). The van der Waals surface area contributed by atoms with E-state index in [2.05, 4.69) is 10.8 Å². The molecule has 0 radical (unpaired) electrons. The van der Waals surface area contributed by atoms with Gasteiger partial charge in [-0.2, -0.15) is 0 Å². The first-order chi connectivity index (χ1) is 3.91. The average molecular weight is 118 g/mol. The van der Waals surface area contributed by atoms with E-state index in [4.69, 9.17) is 4.84 Å². The molecule has 0 unspecified atom stereocenters. The Morgan fingerprint density at radius 3 is 2.62 bits per heavy atom. The van der Waals surface area contributed by atoms with Crippen molar-refractivity contribution in [1.29, 1.82) is 0 Å².